The van der Waals surface area contributed by atoms with E-state index in [1.54, 1.807) is 0 Å². The van der Waals surface area contributed by atoms with Crippen LogP contribution in [0.2, 0.25) is 0 Å². The number of aryl methyl sites for hydroxylation is 1. The van der Waals surface area contributed by atoms with Crippen molar-refractivity contribution < 1.29 is 4.79 Å². The topological polar surface area (TPSA) is 42.9 Å². The summed E-state index contributed by atoms with van der Waals surface area (Å²) in [6.45, 7) is 3.49. The van der Waals surface area contributed by atoms with Gasteiger partial charge in [-0.2, -0.15) is 0 Å². The van der Waals surface area contributed by atoms with Crippen LogP contribution in [0.15, 0.2) is 24.4 Å². The van der Waals surface area contributed by atoms with Crippen molar-refractivity contribution in [1.82, 2.24) is 9.97 Å². The molecule has 0 aliphatic rings. The molecule has 0 aliphatic heterocycles. The number of carbonyl (C=O) groups is 1. The zero-order valence-corrected chi connectivity index (χ0v) is 8.11. The maximum absolute atomic E-state index is 11.1. The van der Waals surface area contributed by atoms with Crippen molar-refractivity contribution in [3.05, 3.63) is 35.7 Å². The van der Waals surface area contributed by atoms with Gasteiger partial charge in [0.15, 0.2) is 5.78 Å². The van der Waals surface area contributed by atoms with Gasteiger partial charge in [-0.25, -0.2) is 4.98 Å². The number of Topliss-reactive ketones (excluding diaryl/α,β-unsaturated/α-hetero) is 1. The van der Waals surface area contributed by atoms with Crippen LogP contribution in [0.1, 0.15) is 23.0 Å². The molecule has 0 unspecified atom stereocenters. The summed E-state index contributed by atoms with van der Waals surface area (Å²) in [6.07, 6.45) is 1.52. The molecule has 1 heterocycles. The van der Waals surface area contributed by atoms with Crippen LogP contribution in [0.3, 0.4) is 0 Å². The first-order chi connectivity index (χ1) is 6.66. The summed E-state index contributed by atoms with van der Waals surface area (Å²) in [5.74, 6) is -0.0556. The molecule has 1 aromatic heterocycles. The third-order valence-corrected chi connectivity index (χ3v) is 2.06. The summed E-state index contributed by atoms with van der Waals surface area (Å²) in [7, 11) is 0. The molecule has 0 N–H and O–H groups in total. The van der Waals surface area contributed by atoms with E-state index in [1.165, 1.54) is 13.1 Å². The Morgan fingerprint density at radius 2 is 2.07 bits per heavy atom. The summed E-state index contributed by atoms with van der Waals surface area (Å²) >= 11 is 0. The van der Waals surface area contributed by atoms with Crippen LogP contribution in [0.5, 0.6) is 0 Å². The first-order valence-electron chi connectivity index (χ1n) is 4.41. The standard InChI is InChI=1S/C11H10N2O/c1-7-3-4-9-10(5-7)12-6-11(13-9)8(2)14/h3-6H,1-2H3. The first kappa shape index (κ1) is 8.81. The number of carbonyl (C=O) groups excluding carboxylic acids is 1. The van der Waals surface area contributed by atoms with Gasteiger partial charge < -0.3 is 0 Å². The number of nitrogens with zero attached hydrogens (tertiary/aromatic N) is 2. The molecule has 0 radical (unpaired) electrons. The fourth-order valence-electron chi connectivity index (χ4n) is 1.29. The highest BCUT2D eigenvalue weighted by atomic mass is 16.1. The van der Waals surface area contributed by atoms with Crippen molar-refractivity contribution in [1.29, 1.82) is 0 Å². The maximum Gasteiger partial charge on any atom is 0.179 e. The Labute approximate surface area is 81.8 Å². The van der Waals surface area contributed by atoms with Gasteiger partial charge >= 0.3 is 0 Å². The molecule has 0 bridgehead atoms. The molecule has 2 rings (SSSR count). The molecule has 1 aromatic carbocycles. The minimum atomic E-state index is -0.0556. The second-order valence-electron chi connectivity index (χ2n) is 3.30. The fourth-order valence-corrected chi connectivity index (χ4v) is 1.29. The molecular formula is C11H10N2O. The number of fused-ring (bicyclic) bond motifs is 1. The van der Waals surface area contributed by atoms with Crippen LogP contribution >= 0.6 is 0 Å². The Bertz CT molecular complexity index is 506. The molecule has 0 aliphatic carbocycles. The molecule has 3 heteroatoms. The molecule has 0 amide bonds. The van der Waals surface area contributed by atoms with Gasteiger partial charge in [0.05, 0.1) is 17.2 Å². The summed E-state index contributed by atoms with van der Waals surface area (Å²) < 4.78 is 0. The summed E-state index contributed by atoms with van der Waals surface area (Å²) in [5.41, 5.74) is 3.15. The van der Waals surface area contributed by atoms with E-state index in [4.69, 9.17) is 0 Å². The predicted molar refractivity (Wildman–Crippen MR) is 54.3 cm³/mol. The van der Waals surface area contributed by atoms with Crippen molar-refractivity contribution >= 4 is 16.8 Å². The fraction of sp³-hybridized carbons (Fsp3) is 0.182. The first-order valence-corrected chi connectivity index (χ1v) is 4.41. The normalized spacial score (nSPS) is 10.4. The third-order valence-electron chi connectivity index (χ3n) is 2.06. The van der Waals surface area contributed by atoms with Crippen molar-refractivity contribution in [3.63, 3.8) is 0 Å². The largest absolute Gasteiger partial charge is 0.293 e. The quantitative estimate of drug-likeness (QED) is 0.641. The van der Waals surface area contributed by atoms with Gasteiger partial charge in [-0.3, -0.25) is 9.78 Å². The highest BCUT2D eigenvalue weighted by Crippen LogP contribution is 2.11. The zero-order valence-electron chi connectivity index (χ0n) is 8.11. The molecule has 70 valence electrons. The van der Waals surface area contributed by atoms with Crippen molar-refractivity contribution in [2.75, 3.05) is 0 Å². The molecule has 2 aromatic rings. The van der Waals surface area contributed by atoms with E-state index >= 15 is 0 Å². The molecule has 0 spiro atoms. The minimum absolute atomic E-state index is 0.0556. The van der Waals surface area contributed by atoms with Crippen LogP contribution in [-0.4, -0.2) is 15.8 Å². The number of hydrogen-bond acceptors (Lipinski definition) is 3. The van der Waals surface area contributed by atoms with Gasteiger partial charge in [-0.15, -0.1) is 0 Å². The van der Waals surface area contributed by atoms with Gasteiger partial charge in [0.1, 0.15) is 5.69 Å². The second-order valence-corrected chi connectivity index (χ2v) is 3.30. The number of benzene rings is 1. The molecule has 14 heavy (non-hydrogen) atoms. The smallest absolute Gasteiger partial charge is 0.179 e. The molecule has 0 saturated carbocycles. The lowest BCUT2D eigenvalue weighted by Gasteiger charge is -1.99. The second kappa shape index (κ2) is 3.18. The van der Waals surface area contributed by atoms with Gasteiger partial charge in [-0.1, -0.05) is 6.07 Å². The van der Waals surface area contributed by atoms with Gasteiger partial charge in [0.25, 0.3) is 0 Å². The maximum atomic E-state index is 11.1. The van der Waals surface area contributed by atoms with Gasteiger partial charge in [0.2, 0.25) is 0 Å². The van der Waals surface area contributed by atoms with Crippen molar-refractivity contribution in [2.45, 2.75) is 13.8 Å². The average Bonchev–Trinajstić information content (AvgIpc) is 2.16. The third kappa shape index (κ3) is 1.48. The summed E-state index contributed by atoms with van der Waals surface area (Å²) in [4.78, 5) is 19.4. The van der Waals surface area contributed by atoms with Crippen LogP contribution in [0.4, 0.5) is 0 Å². The average molecular weight is 186 g/mol. The Morgan fingerprint density at radius 3 is 2.79 bits per heavy atom. The van der Waals surface area contributed by atoms with Crippen LogP contribution in [0.25, 0.3) is 11.0 Å². The van der Waals surface area contributed by atoms with Gasteiger partial charge in [0, 0.05) is 6.92 Å². The summed E-state index contributed by atoms with van der Waals surface area (Å²) in [5, 5.41) is 0. The van der Waals surface area contributed by atoms with E-state index in [1.807, 2.05) is 25.1 Å². The zero-order chi connectivity index (χ0) is 10.1. The number of rotatable bonds is 1. The Hall–Kier alpha value is -1.77. The summed E-state index contributed by atoms with van der Waals surface area (Å²) in [6, 6.07) is 5.79. The molecule has 0 atom stereocenters. The number of hydrogen-bond donors (Lipinski definition) is 0. The monoisotopic (exact) mass is 186 g/mol. The van der Waals surface area contributed by atoms with Crippen molar-refractivity contribution in [3.8, 4) is 0 Å². The van der Waals surface area contributed by atoms with E-state index < -0.39 is 0 Å². The van der Waals surface area contributed by atoms with E-state index in [-0.39, 0.29) is 5.78 Å². The SMILES string of the molecule is CC(=O)c1cnc2cc(C)ccc2n1. The highest BCUT2D eigenvalue weighted by molar-refractivity contribution is 5.93. The lowest BCUT2D eigenvalue weighted by molar-refractivity contribution is 0.101. The molecule has 0 saturated heterocycles. The van der Waals surface area contributed by atoms with Crippen molar-refractivity contribution in [2.24, 2.45) is 0 Å². The molecule has 3 nitrogen and oxygen atoms in total. The Balaban J connectivity index is 2.67. The van der Waals surface area contributed by atoms with Crippen LogP contribution < -0.4 is 0 Å². The number of ketones is 1. The van der Waals surface area contributed by atoms with Crippen LogP contribution in [0, 0.1) is 6.92 Å². The Morgan fingerprint density at radius 1 is 1.29 bits per heavy atom. The van der Waals surface area contributed by atoms with Gasteiger partial charge in [-0.05, 0) is 24.6 Å². The highest BCUT2D eigenvalue weighted by Gasteiger charge is 2.03. The predicted octanol–water partition coefficient (Wildman–Crippen LogP) is 2.14. The van der Waals surface area contributed by atoms with E-state index in [0.717, 1.165) is 16.6 Å². The molecular weight excluding hydrogens is 176 g/mol. The lowest BCUT2D eigenvalue weighted by atomic mass is 10.2. The lowest BCUT2D eigenvalue weighted by Crippen LogP contribution is -1.98. The number of aromatic nitrogens is 2. The minimum Gasteiger partial charge on any atom is -0.293 e. The Kier molecular flexibility index (Phi) is 2.00. The van der Waals surface area contributed by atoms with E-state index in [2.05, 4.69) is 9.97 Å². The molecule has 0 fully saturated rings. The van der Waals surface area contributed by atoms with E-state index in [9.17, 15) is 4.79 Å². The van der Waals surface area contributed by atoms with E-state index in [0.29, 0.717) is 5.69 Å². The van der Waals surface area contributed by atoms with Crippen LogP contribution in [-0.2, 0) is 0 Å².